The molecular formula is C19H21ClFNO2S. The van der Waals surface area contributed by atoms with Gasteiger partial charge in [-0.3, -0.25) is 4.79 Å². The summed E-state index contributed by atoms with van der Waals surface area (Å²) in [5.41, 5.74) is 1.09. The molecule has 3 nitrogen and oxygen atoms in total. The maximum Gasteiger partial charge on any atom is 0.261 e. The van der Waals surface area contributed by atoms with Gasteiger partial charge in [0.05, 0.1) is 0 Å². The van der Waals surface area contributed by atoms with E-state index in [0.717, 1.165) is 22.1 Å². The average molecular weight is 382 g/mol. The van der Waals surface area contributed by atoms with Gasteiger partial charge in [-0.1, -0.05) is 36.7 Å². The van der Waals surface area contributed by atoms with Crippen molar-refractivity contribution < 1.29 is 13.9 Å². The lowest BCUT2D eigenvalue weighted by Gasteiger charge is -2.17. The number of amides is 1. The standard InChI is InChI=1S/C19H21ClFNO2S/c1-2-18(24-16-9-7-15(21)8-10-16)19(23)22-11-12-25-13-14-5-3-4-6-17(14)20/h3-10,18H,2,11-13H2,1H3,(H,22,23)/t18-/m1/s1. The Kier molecular flexibility index (Phi) is 8.09. The monoisotopic (exact) mass is 381 g/mol. The Bertz CT molecular complexity index is 681. The molecule has 134 valence electrons. The molecule has 2 aromatic rings. The molecule has 0 fully saturated rings. The lowest BCUT2D eigenvalue weighted by molar-refractivity contribution is -0.127. The second kappa shape index (κ2) is 10.3. The van der Waals surface area contributed by atoms with Gasteiger partial charge in [0.2, 0.25) is 0 Å². The normalized spacial score (nSPS) is 11.8. The van der Waals surface area contributed by atoms with Crippen LogP contribution in [0.25, 0.3) is 0 Å². The first kappa shape index (κ1) is 19.6. The summed E-state index contributed by atoms with van der Waals surface area (Å²) in [6.45, 7) is 2.43. The third-order valence-corrected chi connectivity index (χ3v) is 4.89. The van der Waals surface area contributed by atoms with Crippen LogP contribution in [0.1, 0.15) is 18.9 Å². The van der Waals surface area contributed by atoms with Crippen molar-refractivity contribution in [1.29, 1.82) is 0 Å². The first-order valence-corrected chi connectivity index (χ1v) is 9.64. The van der Waals surface area contributed by atoms with Crippen molar-refractivity contribution in [2.24, 2.45) is 0 Å². The van der Waals surface area contributed by atoms with Crippen molar-refractivity contribution in [2.75, 3.05) is 12.3 Å². The van der Waals surface area contributed by atoms with E-state index in [9.17, 15) is 9.18 Å². The van der Waals surface area contributed by atoms with Crippen LogP contribution in [-0.2, 0) is 10.5 Å². The highest BCUT2D eigenvalue weighted by atomic mass is 35.5. The van der Waals surface area contributed by atoms with Crippen LogP contribution in [0.4, 0.5) is 4.39 Å². The molecule has 0 heterocycles. The number of carbonyl (C=O) groups is 1. The zero-order valence-electron chi connectivity index (χ0n) is 14.0. The summed E-state index contributed by atoms with van der Waals surface area (Å²) in [5, 5.41) is 3.64. The molecule has 6 heteroatoms. The van der Waals surface area contributed by atoms with E-state index in [1.807, 2.05) is 31.2 Å². The Labute approximate surface area is 156 Å². The zero-order valence-corrected chi connectivity index (χ0v) is 15.6. The number of thioether (sulfide) groups is 1. The fourth-order valence-corrected chi connectivity index (χ4v) is 3.30. The molecule has 1 amide bonds. The van der Waals surface area contributed by atoms with Gasteiger partial charge in [0, 0.05) is 23.1 Å². The minimum absolute atomic E-state index is 0.162. The molecule has 0 bridgehead atoms. The fraction of sp³-hybridized carbons (Fsp3) is 0.316. The zero-order chi connectivity index (χ0) is 18.1. The van der Waals surface area contributed by atoms with Gasteiger partial charge in [-0.2, -0.15) is 11.8 Å². The van der Waals surface area contributed by atoms with Crippen LogP contribution in [0.3, 0.4) is 0 Å². The number of ether oxygens (including phenoxy) is 1. The SMILES string of the molecule is CC[C@@H](Oc1ccc(F)cc1)C(=O)NCCSCc1ccccc1Cl. The van der Waals surface area contributed by atoms with E-state index in [-0.39, 0.29) is 11.7 Å². The van der Waals surface area contributed by atoms with Crippen LogP contribution < -0.4 is 10.1 Å². The number of rotatable bonds is 9. The van der Waals surface area contributed by atoms with Gasteiger partial charge in [-0.25, -0.2) is 4.39 Å². The molecule has 0 unspecified atom stereocenters. The molecule has 0 saturated heterocycles. The molecule has 1 atom stereocenters. The van der Waals surface area contributed by atoms with E-state index in [4.69, 9.17) is 16.3 Å². The lowest BCUT2D eigenvalue weighted by atomic mass is 10.2. The van der Waals surface area contributed by atoms with E-state index < -0.39 is 6.10 Å². The van der Waals surface area contributed by atoms with Gasteiger partial charge in [0.15, 0.2) is 6.10 Å². The van der Waals surface area contributed by atoms with E-state index >= 15 is 0 Å². The molecule has 0 saturated carbocycles. The Morgan fingerprint density at radius 1 is 1.24 bits per heavy atom. The molecular weight excluding hydrogens is 361 g/mol. The minimum atomic E-state index is -0.584. The highest BCUT2D eigenvalue weighted by Gasteiger charge is 2.17. The predicted octanol–water partition coefficient (Wildman–Crippen LogP) is 4.69. The van der Waals surface area contributed by atoms with Gasteiger partial charge >= 0.3 is 0 Å². The van der Waals surface area contributed by atoms with Gasteiger partial charge in [-0.15, -0.1) is 0 Å². The van der Waals surface area contributed by atoms with Crippen LogP contribution in [0.15, 0.2) is 48.5 Å². The maximum absolute atomic E-state index is 12.9. The van der Waals surface area contributed by atoms with E-state index in [1.165, 1.54) is 24.3 Å². The second-order valence-corrected chi connectivity index (χ2v) is 6.92. The molecule has 0 aliphatic rings. The van der Waals surface area contributed by atoms with Crippen molar-refractivity contribution in [2.45, 2.75) is 25.2 Å². The molecule has 0 spiro atoms. The number of hydrogen-bond donors (Lipinski definition) is 1. The number of hydrogen-bond acceptors (Lipinski definition) is 3. The first-order valence-electron chi connectivity index (χ1n) is 8.11. The van der Waals surface area contributed by atoms with Crippen molar-refractivity contribution >= 4 is 29.3 Å². The summed E-state index contributed by atoms with van der Waals surface area (Å²) in [6, 6.07) is 13.4. The summed E-state index contributed by atoms with van der Waals surface area (Å²) in [5.74, 6) is 1.57. The van der Waals surface area contributed by atoms with Crippen LogP contribution in [0.2, 0.25) is 5.02 Å². The third-order valence-electron chi connectivity index (χ3n) is 3.52. The molecule has 0 aromatic heterocycles. The van der Waals surface area contributed by atoms with Crippen molar-refractivity contribution in [3.63, 3.8) is 0 Å². The van der Waals surface area contributed by atoms with Crippen molar-refractivity contribution in [1.82, 2.24) is 5.32 Å². The van der Waals surface area contributed by atoms with Gasteiger partial charge in [-0.05, 0) is 42.3 Å². The lowest BCUT2D eigenvalue weighted by Crippen LogP contribution is -2.39. The Balaban J connectivity index is 1.71. The second-order valence-electron chi connectivity index (χ2n) is 5.40. The quantitative estimate of drug-likeness (QED) is 0.640. The van der Waals surface area contributed by atoms with E-state index in [0.29, 0.717) is 18.7 Å². The van der Waals surface area contributed by atoms with Gasteiger partial charge < -0.3 is 10.1 Å². The summed E-state index contributed by atoms with van der Waals surface area (Å²) in [7, 11) is 0. The van der Waals surface area contributed by atoms with Crippen LogP contribution >= 0.6 is 23.4 Å². The largest absolute Gasteiger partial charge is 0.481 e. The number of halogens is 2. The molecule has 2 rings (SSSR count). The molecule has 0 aliphatic carbocycles. The fourth-order valence-electron chi connectivity index (χ4n) is 2.16. The number of carbonyl (C=O) groups excluding carboxylic acids is 1. The average Bonchev–Trinajstić information content (AvgIpc) is 2.62. The number of nitrogens with one attached hydrogen (secondary N) is 1. The summed E-state index contributed by atoms with van der Waals surface area (Å²) >= 11 is 7.82. The van der Waals surface area contributed by atoms with Crippen LogP contribution in [0, 0.1) is 5.82 Å². The summed E-state index contributed by atoms with van der Waals surface area (Å²) in [6.07, 6.45) is -0.0466. The van der Waals surface area contributed by atoms with Gasteiger partial charge in [0.25, 0.3) is 5.91 Å². The summed E-state index contributed by atoms with van der Waals surface area (Å²) in [4.78, 5) is 12.2. The van der Waals surface area contributed by atoms with Gasteiger partial charge in [0.1, 0.15) is 11.6 Å². The molecule has 0 aliphatic heterocycles. The van der Waals surface area contributed by atoms with E-state index in [1.54, 1.807) is 11.8 Å². The molecule has 0 radical (unpaired) electrons. The summed E-state index contributed by atoms with van der Waals surface area (Å²) < 4.78 is 18.5. The minimum Gasteiger partial charge on any atom is -0.481 e. The maximum atomic E-state index is 12.9. The topological polar surface area (TPSA) is 38.3 Å². The highest BCUT2D eigenvalue weighted by Crippen LogP contribution is 2.20. The Morgan fingerprint density at radius 3 is 2.64 bits per heavy atom. The molecule has 2 aromatic carbocycles. The highest BCUT2D eigenvalue weighted by molar-refractivity contribution is 7.98. The van der Waals surface area contributed by atoms with Crippen molar-refractivity contribution in [3.05, 3.63) is 64.9 Å². The Morgan fingerprint density at radius 2 is 1.96 bits per heavy atom. The van der Waals surface area contributed by atoms with Crippen LogP contribution in [0.5, 0.6) is 5.75 Å². The van der Waals surface area contributed by atoms with Crippen LogP contribution in [-0.4, -0.2) is 24.3 Å². The first-order chi connectivity index (χ1) is 12.1. The smallest absolute Gasteiger partial charge is 0.261 e. The predicted molar refractivity (Wildman–Crippen MR) is 102 cm³/mol. The van der Waals surface area contributed by atoms with E-state index in [2.05, 4.69) is 5.32 Å². The Hall–Kier alpha value is -1.72. The molecule has 1 N–H and O–H groups in total. The molecule has 25 heavy (non-hydrogen) atoms. The van der Waals surface area contributed by atoms with Crippen molar-refractivity contribution in [3.8, 4) is 5.75 Å². The third kappa shape index (κ3) is 6.59. The number of benzene rings is 2.